The third-order valence-corrected chi connectivity index (χ3v) is 7.82. The smallest absolute Gasteiger partial charge is 0.228 e. The monoisotopic (exact) mass is 520 g/mol. The van der Waals surface area contributed by atoms with Crippen LogP contribution in [0, 0.1) is 5.82 Å². The van der Waals surface area contributed by atoms with Gasteiger partial charge in [0.15, 0.2) is 5.82 Å². The quantitative estimate of drug-likeness (QED) is 0.536. The lowest BCUT2D eigenvalue weighted by Crippen LogP contribution is -2.58. The maximum atomic E-state index is 16.5. The van der Waals surface area contributed by atoms with Crippen molar-refractivity contribution in [3.05, 3.63) is 69.7 Å². The van der Waals surface area contributed by atoms with Gasteiger partial charge in [-0.3, -0.25) is 0 Å². The topological polar surface area (TPSA) is 67.8 Å². The first-order valence-corrected chi connectivity index (χ1v) is 13.0. The van der Waals surface area contributed by atoms with Crippen LogP contribution in [0.1, 0.15) is 16.7 Å². The Morgan fingerprint density at radius 2 is 1.84 bits per heavy atom. The molecule has 2 fully saturated rings. The lowest BCUT2D eigenvalue weighted by Gasteiger charge is -2.43. The molecule has 0 radical (unpaired) electrons. The van der Waals surface area contributed by atoms with Crippen molar-refractivity contribution >= 4 is 45.9 Å². The van der Waals surface area contributed by atoms with Crippen molar-refractivity contribution in [1.29, 1.82) is 0 Å². The normalized spacial score (nSPS) is 18.4. The predicted octanol–water partition coefficient (Wildman–Crippen LogP) is 4.12. The SMILES string of the molecule is CN(C)C1CN(c2nc(N3CCNCC3)c3cc(Cl)c(C4=CC(O)=Cc5ccccc5C4)c(F)c3n2)C1. The Morgan fingerprint density at radius 3 is 2.59 bits per heavy atom. The number of fused-ring (bicyclic) bond motifs is 2. The zero-order valence-electron chi connectivity index (χ0n) is 21.0. The van der Waals surface area contributed by atoms with E-state index in [0.717, 1.165) is 50.4 Å². The van der Waals surface area contributed by atoms with Gasteiger partial charge in [-0.05, 0) is 55.4 Å². The largest absolute Gasteiger partial charge is 0.508 e. The van der Waals surface area contributed by atoms with Crippen LogP contribution in [0.5, 0.6) is 0 Å². The Kier molecular flexibility index (Phi) is 6.26. The molecular formula is C28H30ClFN6O. The highest BCUT2D eigenvalue weighted by atomic mass is 35.5. The molecule has 0 spiro atoms. The van der Waals surface area contributed by atoms with Crippen LogP contribution in [0.4, 0.5) is 16.2 Å². The molecule has 3 aliphatic rings. The average molecular weight is 521 g/mol. The Hall–Kier alpha value is -3.20. The van der Waals surface area contributed by atoms with Crippen LogP contribution in [-0.4, -0.2) is 79.4 Å². The first-order chi connectivity index (χ1) is 17.9. The molecule has 2 saturated heterocycles. The van der Waals surface area contributed by atoms with Gasteiger partial charge < -0.3 is 25.1 Å². The van der Waals surface area contributed by atoms with Crippen molar-refractivity contribution in [3.8, 4) is 0 Å². The molecule has 0 saturated carbocycles. The summed E-state index contributed by atoms with van der Waals surface area (Å²) in [4.78, 5) is 16.1. The van der Waals surface area contributed by atoms with E-state index in [2.05, 4.69) is 34.1 Å². The molecule has 1 aliphatic carbocycles. The van der Waals surface area contributed by atoms with E-state index in [1.54, 1.807) is 18.2 Å². The molecule has 37 heavy (non-hydrogen) atoms. The molecule has 2 N–H and O–H groups in total. The third kappa shape index (κ3) is 4.43. The summed E-state index contributed by atoms with van der Waals surface area (Å²) in [6.07, 6.45) is 3.74. The molecule has 9 heteroatoms. The van der Waals surface area contributed by atoms with Crippen LogP contribution in [0.3, 0.4) is 0 Å². The number of likely N-dealkylation sites (N-methyl/N-ethyl adjacent to an activating group) is 1. The van der Waals surface area contributed by atoms with Gasteiger partial charge in [-0.1, -0.05) is 35.9 Å². The van der Waals surface area contributed by atoms with Crippen molar-refractivity contribution in [2.24, 2.45) is 0 Å². The van der Waals surface area contributed by atoms with Gasteiger partial charge in [0.05, 0.1) is 5.02 Å². The molecule has 3 aromatic rings. The van der Waals surface area contributed by atoms with E-state index >= 15 is 4.39 Å². The summed E-state index contributed by atoms with van der Waals surface area (Å²) in [5, 5.41) is 14.8. The summed E-state index contributed by atoms with van der Waals surface area (Å²) in [6, 6.07) is 9.99. The number of halogens is 2. The fraction of sp³-hybridized carbons (Fsp3) is 0.357. The van der Waals surface area contributed by atoms with E-state index in [4.69, 9.17) is 21.6 Å². The highest BCUT2D eigenvalue weighted by Gasteiger charge is 2.32. The van der Waals surface area contributed by atoms with Gasteiger partial charge in [-0.2, -0.15) is 4.98 Å². The number of allylic oxidation sites excluding steroid dienone is 2. The molecule has 2 aliphatic heterocycles. The summed E-state index contributed by atoms with van der Waals surface area (Å²) < 4.78 is 16.5. The average Bonchev–Trinajstić information content (AvgIpc) is 3.01. The van der Waals surface area contributed by atoms with Crippen molar-refractivity contribution in [1.82, 2.24) is 20.2 Å². The van der Waals surface area contributed by atoms with Gasteiger partial charge in [0, 0.05) is 56.3 Å². The molecule has 3 heterocycles. The van der Waals surface area contributed by atoms with Gasteiger partial charge >= 0.3 is 0 Å². The number of nitrogens with zero attached hydrogens (tertiary/aromatic N) is 5. The Labute approximate surface area is 220 Å². The summed E-state index contributed by atoms with van der Waals surface area (Å²) in [5.74, 6) is 0.834. The summed E-state index contributed by atoms with van der Waals surface area (Å²) in [5.41, 5.74) is 3.05. The fourth-order valence-electron chi connectivity index (χ4n) is 5.30. The second-order valence-corrected chi connectivity index (χ2v) is 10.6. The molecular weight excluding hydrogens is 491 g/mol. The highest BCUT2D eigenvalue weighted by Crippen LogP contribution is 2.39. The van der Waals surface area contributed by atoms with Crippen molar-refractivity contribution in [3.63, 3.8) is 0 Å². The predicted molar refractivity (Wildman–Crippen MR) is 148 cm³/mol. The number of aliphatic hydroxyl groups is 1. The number of aromatic nitrogens is 2. The molecule has 6 rings (SSSR count). The zero-order valence-corrected chi connectivity index (χ0v) is 21.8. The lowest BCUT2D eigenvalue weighted by molar-refractivity contribution is 0.245. The summed E-state index contributed by atoms with van der Waals surface area (Å²) >= 11 is 6.79. The van der Waals surface area contributed by atoms with Crippen molar-refractivity contribution in [2.75, 3.05) is 63.2 Å². The van der Waals surface area contributed by atoms with E-state index in [-0.39, 0.29) is 21.9 Å². The number of piperazine rings is 1. The molecule has 0 unspecified atom stereocenters. The molecule has 7 nitrogen and oxygen atoms in total. The maximum Gasteiger partial charge on any atom is 0.228 e. The van der Waals surface area contributed by atoms with E-state index < -0.39 is 5.82 Å². The van der Waals surface area contributed by atoms with E-state index in [9.17, 15) is 5.11 Å². The van der Waals surface area contributed by atoms with Crippen molar-refractivity contribution in [2.45, 2.75) is 12.5 Å². The Bertz CT molecular complexity index is 1430. The van der Waals surface area contributed by atoms with Crippen LogP contribution in [0.25, 0.3) is 22.6 Å². The number of benzene rings is 2. The zero-order chi connectivity index (χ0) is 25.7. The first kappa shape index (κ1) is 24.2. The van der Waals surface area contributed by atoms with Gasteiger partial charge in [-0.25, -0.2) is 9.37 Å². The van der Waals surface area contributed by atoms with Gasteiger partial charge in [0.1, 0.15) is 17.1 Å². The minimum absolute atomic E-state index is 0.0655. The minimum Gasteiger partial charge on any atom is -0.508 e. The first-order valence-electron chi connectivity index (χ1n) is 12.7. The highest BCUT2D eigenvalue weighted by molar-refractivity contribution is 6.33. The third-order valence-electron chi connectivity index (χ3n) is 7.53. The number of rotatable bonds is 4. The second-order valence-electron chi connectivity index (χ2n) is 10.2. The van der Waals surface area contributed by atoms with E-state index in [1.807, 2.05) is 24.3 Å². The number of hydrogen-bond donors (Lipinski definition) is 2. The summed E-state index contributed by atoms with van der Waals surface area (Å²) in [7, 11) is 4.12. The van der Waals surface area contributed by atoms with Gasteiger partial charge in [0.2, 0.25) is 5.95 Å². The lowest BCUT2D eigenvalue weighted by atomic mass is 9.95. The molecule has 1 aromatic heterocycles. The van der Waals surface area contributed by atoms with Gasteiger partial charge in [0.25, 0.3) is 0 Å². The van der Waals surface area contributed by atoms with E-state index in [0.29, 0.717) is 35.2 Å². The van der Waals surface area contributed by atoms with E-state index in [1.165, 1.54) is 0 Å². The van der Waals surface area contributed by atoms with Crippen LogP contribution in [0.2, 0.25) is 5.02 Å². The van der Waals surface area contributed by atoms with Gasteiger partial charge in [-0.15, -0.1) is 0 Å². The van der Waals surface area contributed by atoms with Crippen LogP contribution >= 0.6 is 11.6 Å². The molecule has 2 aromatic carbocycles. The number of nitrogens with one attached hydrogen (secondary N) is 1. The Balaban J connectivity index is 1.49. The maximum absolute atomic E-state index is 16.5. The summed E-state index contributed by atoms with van der Waals surface area (Å²) in [6.45, 7) is 4.80. The number of hydrogen-bond acceptors (Lipinski definition) is 7. The standard InChI is InChI=1S/C28H30ClFN6O/c1-34(2)20-15-36(16-20)28-32-26-22(27(33-28)35-9-7-31-8-10-35)14-23(29)24(25(26)30)19-11-17-5-3-4-6-18(17)12-21(37)13-19/h3-6,12-14,20,31,37H,7-11,15-16H2,1-2H3. The number of aliphatic hydroxyl groups excluding tert-OH is 1. The van der Waals surface area contributed by atoms with Crippen LogP contribution in [0.15, 0.2) is 42.2 Å². The molecule has 0 amide bonds. The molecule has 0 atom stereocenters. The number of anilines is 2. The second kappa shape index (κ2) is 9.59. The molecule has 192 valence electrons. The molecule has 0 bridgehead atoms. The van der Waals surface area contributed by atoms with Crippen LogP contribution in [-0.2, 0) is 6.42 Å². The fourth-order valence-corrected chi connectivity index (χ4v) is 5.61. The Morgan fingerprint density at radius 1 is 1.08 bits per heavy atom. The van der Waals surface area contributed by atoms with Crippen LogP contribution < -0.4 is 15.1 Å². The van der Waals surface area contributed by atoms with Crippen molar-refractivity contribution < 1.29 is 9.50 Å². The minimum atomic E-state index is -0.481.